The maximum atomic E-state index is 13.4. The highest BCUT2D eigenvalue weighted by Crippen LogP contribution is 2.43. The smallest absolute Gasteiger partial charge is 0.311 e. The third-order valence-corrected chi connectivity index (χ3v) is 7.64. The number of hydrogen-bond acceptors (Lipinski definition) is 3. The molecule has 0 bridgehead atoms. The van der Waals surface area contributed by atoms with Crippen molar-refractivity contribution in [2.24, 2.45) is 13.0 Å². The number of nitrogens with one attached hydrogen (secondary N) is 1. The highest BCUT2D eigenvalue weighted by molar-refractivity contribution is 6.36. The second-order valence-corrected chi connectivity index (χ2v) is 9.71. The molecule has 1 amide bonds. The van der Waals surface area contributed by atoms with Crippen LogP contribution in [0.15, 0.2) is 42.5 Å². The van der Waals surface area contributed by atoms with E-state index < -0.39 is 17.4 Å². The van der Waals surface area contributed by atoms with Gasteiger partial charge >= 0.3 is 5.97 Å². The molecular formula is C26H27ClN2O4. The number of nitrogens with zero attached hydrogens (tertiary/aromatic N) is 1. The fourth-order valence-corrected chi connectivity index (χ4v) is 5.22. The van der Waals surface area contributed by atoms with Gasteiger partial charge in [0.1, 0.15) is 5.69 Å². The predicted molar refractivity (Wildman–Crippen MR) is 127 cm³/mol. The number of rotatable bonds is 6. The van der Waals surface area contributed by atoms with Gasteiger partial charge in [-0.2, -0.15) is 0 Å². The first-order valence-electron chi connectivity index (χ1n) is 11.3. The standard InChI is InChI=1S/C26H27ClN2O4/c1-15-3-10-20-19(23(15)27)13-21(29(20)2)24(30)28-26(11-12-33-14-26)18-8-6-17(7-9-18)22(25(31)32)16-4-5-16/h3,6-10,13,16,22H,4-5,11-12,14H2,1-2H3,(H,28,30)(H,31,32). The van der Waals surface area contributed by atoms with Crippen LogP contribution in [0.3, 0.4) is 0 Å². The topological polar surface area (TPSA) is 80.6 Å². The molecule has 33 heavy (non-hydrogen) atoms. The van der Waals surface area contributed by atoms with E-state index >= 15 is 0 Å². The van der Waals surface area contributed by atoms with Crippen molar-refractivity contribution in [1.82, 2.24) is 9.88 Å². The lowest BCUT2D eigenvalue weighted by Gasteiger charge is -2.30. The maximum absolute atomic E-state index is 13.4. The summed E-state index contributed by atoms with van der Waals surface area (Å²) in [6.45, 7) is 2.86. The van der Waals surface area contributed by atoms with E-state index in [4.69, 9.17) is 16.3 Å². The van der Waals surface area contributed by atoms with Crippen LogP contribution in [-0.2, 0) is 22.1 Å². The molecule has 6 nitrogen and oxygen atoms in total. The molecule has 2 unspecified atom stereocenters. The van der Waals surface area contributed by atoms with Gasteiger partial charge in [0.05, 0.1) is 23.1 Å². The van der Waals surface area contributed by atoms with Crippen LogP contribution in [0.25, 0.3) is 10.9 Å². The number of hydrogen-bond donors (Lipinski definition) is 2. The maximum Gasteiger partial charge on any atom is 0.311 e. The minimum Gasteiger partial charge on any atom is -0.481 e. The first-order valence-corrected chi connectivity index (χ1v) is 11.7. The fourth-order valence-electron chi connectivity index (χ4n) is 5.00. The minimum atomic E-state index is -0.776. The summed E-state index contributed by atoms with van der Waals surface area (Å²) in [5.41, 5.74) is 3.46. The lowest BCUT2D eigenvalue weighted by Crippen LogP contribution is -2.47. The third-order valence-electron chi connectivity index (χ3n) is 7.14. The largest absolute Gasteiger partial charge is 0.481 e. The van der Waals surface area contributed by atoms with Gasteiger partial charge in [-0.3, -0.25) is 9.59 Å². The van der Waals surface area contributed by atoms with Crippen molar-refractivity contribution in [2.75, 3.05) is 13.2 Å². The molecule has 1 aromatic heterocycles. The number of halogens is 1. The summed E-state index contributed by atoms with van der Waals surface area (Å²) in [5.74, 6) is -1.22. The number of aryl methyl sites for hydroxylation is 2. The molecule has 3 aromatic rings. The predicted octanol–water partition coefficient (Wildman–Crippen LogP) is 4.76. The van der Waals surface area contributed by atoms with Gasteiger partial charge in [0.2, 0.25) is 0 Å². The van der Waals surface area contributed by atoms with Gasteiger partial charge in [-0.15, -0.1) is 0 Å². The van der Waals surface area contributed by atoms with E-state index in [1.807, 2.05) is 61.0 Å². The van der Waals surface area contributed by atoms with Crippen molar-refractivity contribution in [1.29, 1.82) is 0 Å². The molecule has 7 heteroatoms. The molecule has 1 saturated carbocycles. The van der Waals surface area contributed by atoms with Crippen molar-refractivity contribution in [3.63, 3.8) is 0 Å². The highest BCUT2D eigenvalue weighted by atomic mass is 35.5. The van der Waals surface area contributed by atoms with Gasteiger partial charge in [0, 0.05) is 31.0 Å². The quantitative estimate of drug-likeness (QED) is 0.548. The van der Waals surface area contributed by atoms with E-state index in [1.165, 1.54) is 0 Å². The average molecular weight is 467 g/mol. The number of ether oxygens (including phenoxy) is 1. The molecule has 2 heterocycles. The average Bonchev–Trinajstić information content (AvgIpc) is 3.39. The number of carboxylic acid groups (broad SMARTS) is 1. The van der Waals surface area contributed by atoms with Crippen LogP contribution < -0.4 is 5.32 Å². The second-order valence-electron chi connectivity index (χ2n) is 9.33. The van der Waals surface area contributed by atoms with E-state index in [0.717, 1.165) is 40.4 Å². The summed E-state index contributed by atoms with van der Waals surface area (Å²) in [5, 5.41) is 14.4. The summed E-state index contributed by atoms with van der Waals surface area (Å²) in [4.78, 5) is 25.2. The molecule has 2 N–H and O–H groups in total. The molecule has 1 saturated heterocycles. The monoisotopic (exact) mass is 466 g/mol. The molecule has 1 aliphatic heterocycles. The summed E-state index contributed by atoms with van der Waals surface area (Å²) in [6.07, 6.45) is 2.56. The van der Waals surface area contributed by atoms with Gasteiger partial charge in [0.25, 0.3) is 5.91 Å². The van der Waals surface area contributed by atoms with E-state index in [1.54, 1.807) is 0 Å². The molecule has 2 aromatic carbocycles. The van der Waals surface area contributed by atoms with Crippen LogP contribution in [0, 0.1) is 12.8 Å². The summed E-state index contributed by atoms with van der Waals surface area (Å²) in [6, 6.07) is 13.4. The van der Waals surface area contributed by atoms with E-state index in [9.17, 15) is 14.7 Å². The Morgan fingerprint density at radius 3 is 2.55 bits per heavy atom. The van der Waals surface area contributed by atoms with Crippen LogP contribution in [0.4, 0.5) is 0 Å². The molecule has 5 rings (SSSR count). The third kappa shape index (κ3) is 3.81. The van der Waals surface area contributed by atoms with Gasteiger partial charge in [-0.25, -0.2) is 0 Å². The first kappa shape index (κ1) is 22.0. The van der Waals surface area contributed by atoms with Gasteiger partial charge < -0.3 is 19.7 Å². The van der Waals surface area contributed by atoms with Gasteiger partial charge in [-0.05, 0) is 54.5 Å². The van der Waals surface area contributed by atoms with Gasteiger partial charge in [-0.1, -0.05) is 41.9 Å². The molecule has 172 valence electrons. The SMILES string of the molecule is Cc1ccc2c(cc(C(=O)NC3(c4ccc(C(C(=O)O)C5CC5)cc4)CCOC3)n2C)c1Cl. The Balaban J connectivity index is 1.45. The molecule has 0 radical (unpaired) electrons. The molecule has 2 atom stereocenters. The Bertz CT molecular complexity index is 1240. The minimum absolute atomic E-state index is 0.196. The van der Waals surface area contributed by atoms with Crippen molar-refractivity contribution in [3.05, 3.63) is 69.9 Å². The normalized spacial score (nSPS) is 21.3. The van der Waals surface area contributed by atoms with Crippen LogP contribution in [0.5, 0.6) is 0 Å². The number of aliphatic carboxylic acids is 1. The molecule has 1 aliphatic carbocycles. The van der Waals surface area contributed by atoms with Gasteiger partial charge in [0.15, 0.2) is 0 Å². The second kappa shape index (κ2) is 8.19. The Morgan fingerprint density at radius 2 is 1.94 bits per heavy atom. The number of amides is 1. The number of aromatic nitrogens is 1. The van der Waals surface area contributed by atoms with Crippen molar-refractivity contribution < 1.29 is 19.4 Å². The summed E-state index contributed by atoms with van der Waals surface area (Å²) in [7, 11) is 1.86. The van der Waals surface area contributed by atoms with E-state index in [2.05, 4.69) is 5.32 Å². The fraction of sp³-hybridized carbons (Fsp3) is 0.385. The molecule has 2 fully saturated rings. The first-order chi connectivity index (χ1) is 15.8. The molecule has 2 aliphatic rings. The van der Waals surface area contributed by atoms with Crippen LogP contribution >= 0.6 is 11.6 Å². The Labute approximate surface area is 197 Å². The van der Waals surface area contributed by atoms with E-state index in [0.29, 0.717) is 30.4 Å². The van der Waals surface area contributed by atoms with Crippen molar-refractivity contribution >= 4 is 34.4 Å². The highest BCUT2D eigenvalue weighted by Gasteiger charge is 2.40. The summed E-state index contributed by atoms with van der Waals surface area (Å²) < 4.78 is 7.56. The Kier molecular flexibility index (Phi) is 5.46. The van der Waals surface area contributed by atoms with Crippen LogP contribution in [-0.4, -0.2) is 34.8 Å². The lowest BCUT2D eigenvalue weighted by molar-refractivity contribution is -0.139. The summed E-state index contributed by atoms with van der Waals surface area (Å²) >= 11 is 6.49. The molecular weight excluding hydrogens is 440 g/mol. The number of fused-ring (bicyclic) bond motifs is 1. The Morgan fingerprint density at radius 1 is 1.21 bits per heavy atom. The zero-order valence-electron chi connectivity index (χ0n) is 18.7. The van der Waals surface area contributed by atoms with E-state index in [-0.39, 0.29) is 11.8 Å². The lowest BCUT2D eigenvalue weighted by atomic mass is 9.86. The number of carbonyl (C=O) groups excluding carboxylic acids is 1. The zero-order chi connectivity index (χ0) is 23.3. The molecule has 0 spiro atoms. The number of carbonyl (C=O) groups is 2. The van der Waals surface area contributed by atoms with Crippen LogP contribution in [0.1, 0.15) is 52.4 Å². The van der Waals surface area contributed by atoms with Crippen molar-refractivity contribution in [3.8, 4) is 0 Å². The number of carboxylic acids is 1. The van der Waals surface area contributed by atoms with Crippen molar-refractivity contribution in [2.45, 2.75) is 37.6 Å². The van der Waals surface area contributed by atoms with Crippen LogP contribution in [0.2, 0.25) is 5.02 Å². The zero-order valence-corrected chi connectivity index (χ0v) is 19.5. The Hall–Kier alpha value is -2.83. The number of benzene rings is 2.